The lowest BCUT2D eigenvalue weighted by molar-refractivity contribution is 0.388. The van der Waals surface area contributed by atoms with Gasteiger partial charge in [0.1, 0.15) is 5.69 Å². The molecule has 2 heterocycles. The second kappa shape index (κ2) is 6.97. The fourth-order valence-electron chi connectivity index (χ4n) is 2.94. The van der Waals surface area contributed by atoms with Crippen molar-refractivity contribution in [2.45, 2.75) is 33.6 Å². The average Bonchev–Trinajstić information content (AvgIpc) is 2.99. The van der Waals surface area contributed by atoms with Crippen LogP contribution < -0.4 is 10.3 Å². The quantitative estimate of drug-likeness (QED) is 0.698. The lowest BCUT2D eigenvalue weighted by atomic mass is 10.0. The second-order valence-electron chi connectivity index (χ2n) is 6.46. The molecule has 0 unspecified atom stereocenters. The van der Waals surface area contributed by atoms with E-state index in [-0.39, 0.29) is 5.56 Å². The number of aromatic nitrogens is 3. The van der Waals surface area contributed by atoms with Crippen LogP contribution in [-0.2, 0) is 12.8 Å². The molecule has 0 aliphatic heterocycles. The first-order valence-corrected chi connectivity index (χ1v) is 8.34. The Morgan fingerprint density at radius 2 is 2.08 bits per heavy atom. The van der Waals surface area contributed by atoms with Gasteiger partial charge in [0.2, 0.25) is 5.88 Å². The van der Waals surface area contributed by atoms with Crippen molar-refractivity contribution in [3.8, 4) is 5.88 Å². The van der Waals surface area contributed by atoms with Crippen molar-refractivity contribution in [3.63, 3.8) is 0 Å². The minimum absolute atomic E-state index is 0.181. The summed E-state index contributed by atoms with van der Waals surface area (Å²) in [5.74, 6) is 0.465. The number of nitrogens with zero attached hydrogens (tertiary/aromatic N) is 1. The molecule has 0 spiro atoms. The molecule has 0 saturated carbocycles. The van der Waals surface area contributed by atoms with Crippen LogP contribution >= 0.6 is 0 Å². The van der Waals surface area contributed by atoms with Gasteiger partial charge < -0.3 is 14.7 Å². The van der Waals surface area contributed by atoms with Crippen molar-refractivity contribution in [1.82, 2.24) is 15.0 Å². The Bertz CT molecular complexity index is 992. The van der Waals surface area contributed by atoms with Crippen LogP contribution in [0, 0.1) is 6.92 Å². The van der Waals surface area contributed by atoms with E-state index in [4.69, 9.17) is 4.74 Å². The number of para-hydroxylation sites is 1. The van der Waals surface area contributed by atoms with E-state index in [0.29, 0.717) is 23.7 Å². The molecule has 3 rings (SSSR count). The summed E-state index contributed by atoms with van der Waals surface area (Å²) in [5, 5.41) is 1.16. The molecule has 3 aromatic rings. The van der Waals surface area contributed by atoms with Crippen LogP contribution in [0.5, 0.6) is 5.88 Å². The molecule has 0 fully saturated rings. The van der Waals surface area contributed by atoms with Gasteiger partial charge in [0, 0.05) is 23.5 Å². The van der Waals surface area contributed by atoms with Crippen LogP contribution in [0.1, 0.15) is 36.4 Å². The summed E-state index contributed by atoms with van der Waals surface area (Å²) in [5.41, 5.74) is 5.71. The molecule has 0 atom stereocenters. The molecule has 5 heteroatoms. The maximum atomic E-state index is 11.9. The Kier molecular flexibility index (Phi) is 4.74. The predicted octanol–water partition coefficient (Wildman–Crippen LogP) is 3.67. The SMILES string of the molecule is COc1nc(C)c(=O)[nH]c1Cc1c[nH]c2c(CC=C(C)C)cccc12. The number of aryl methyl sites for hydroxylation is 1. The standard InChI is InChI=1S/C20H23N3O2/c1-12(2)8-9-14-6-5-7-16-15(11-21-18(14)16)10-17-20(25-4)22-13(3)19(24)23-17/h5-8,11,21H,9-10H2,1-4H3,(H,23,24). The second-order valence-corrected chi connectivity index (χ2v) is 6.46. The molecular formula is C20H23N3O2. The highest BCUT2D eigenvalue weighted by molar-refractivity contribution is 5.86. The Hall–Kier alpha value is -2.82. The first-order valence-electron chi connectivity index (χ1n) is 8.34. The Balaban J connectivity index is 2.01. The molecule has 5 nitrogen and oxygen atoms in total. The Labute approximate surface area is 146 Å². The molecule has 0 aliphatic rings. The number of H-pyrrole nitrogens is 2. The monoisotopic (exact) mass is 337 g/mol. The number of methoxy groups -OCH3 is 1. The van der Waals surface area contributed by atoms with Crippen molar-refractivity contribution < 1.29 is 4.74 Å². The van der Waals surface area contributed by atoms with Gasteiger partial charge in [0.05, 0.1) is 12.8 Å². The maximum absolute atomic E-state index is 11.9. The maximum Gasteiger partial charge on any atom is 0.269 e. The van der Waals surface area contributed by atoms with Crippen LogP contribution in [0.2, 0.25) is 0 Å². The third-order valence-electron chi connectivity index (χ3n) is 4.30. The van der Waals surface area contributed by atoms with E-state index in [9.17, 15) is 4.79 Å². The highest BCUT2D eigenvalue weighted by Crippen LogP contribution is 2.26. The van der Waals surface area contributed by atoms with Gasteiger partial charge >= 0.3 is 0 Å². The molecule has 0 saturated heterocycles. The summed E-state index contributed by atoms with van der Waals surface area (Å²) in [4.78, 5) is 22.4. The minimum Gasteiger partial charge on any atom is -0.480 e. The summed E-state index contributed by atoms with van der Waals surface area (Å²) in [7, 11) is 1.57. The van der Waals surface area contributed by atoms with Gasteiger partial charge in [0.15, 0.2) is 0 Å². The fourth-order valence-corrected chi connectivity index (χ4v) is 2.94. The predicted molar refractivity (Wildman–Crippen MR) is 100 cm³/mol. The average molecular weight is 337 g/mol. The number of allylic oxidation sites excluding steroid dienone is 2. The van der Waals surface area contributed by atoms with E-state index < -0.39 is 0 Å². The van der Waals surface area contributed by atoms with E-state index >= 15 is 0 Å². The van der Waals surface area contributed by atoms with Gasteiger partial charge in [-0.1, -0.05) is 29.8 Å². The summed E-state index contributed by atoms with van der Waals surface area (Å²) >= 11 is 0. The molecule has 0 aliphatic carbocycles. The molecule has 130 valence electrons. The Morgan fingerprint density at radius 1 is 1.28 bits per heavy atom. The zero-order valence-electron chi connectivity index (χ0n) is 15.1. The van der Waals surface area contributed by atoms with Crippen molar-refractivity contribution in [2.24, 2.45) is 0 Å². The lowest BCUT2D eigenvalue weighted by Crippen LogP contribution is -2.16. The summed E-state index contributed by atoms with van der Waals surface area (Å²) in [6, 6.07) is 6.30. The molecule has 0 bridgehead atoms. The third-order valence-corrected chi connectivity index (χ3v) is 4.30. The number of aromatic amines is 2. The van der Waals surface area contributed by atoms with Crippen LogP contribution in [0.3, 0.4) is 0 Å². The molecule has 0 amide bonds. The third kappa shape index (κ3) is 3.50. The largest absolute Gasteiger partial charge is 0.480 e. The van der Waals surface area contributed by atoms with E-state index in [1.807, 2.05) is 6.20 Å². The van der Waals surface area contributed by atoms with Crippen LogP contribution in [0.4, 0.5) is 0 Å². The smallest absolute Gasteiger partial charge is 0.269 e. The minimum atomic E-state index is -0.181. The zero-order valence-corrected chi connectivity index (χ0v) is 15.1. The highest BCUT2D eigenvalue weighted by Gasteiger charge is 2.13. The highest BCUT2D eigenvalue weighted by atomic mass is 16.5. The summed E-state index contributed by atoms with van der Waals surface area (Å²) < 4.78 is 5.33. The Morgan fingerprint density at radius 3 is 2.80 bits per heavy atom. The van der Waals surface area contributed by atoms with Crippen molar-refractivity contribution in [2.75, 3.05) is 7.11 Å². The molecule has 2 aromatic heterocycles. The number of hydrogen-bond acceptors (Lipinski definition) is 3. The van der Waals surface area contributed by atoms with Crippen molar-refractivity contribution in [3.05, 3.63) is 68.9 Å². The zero-order chi connectivity index (χ0) is 18.0. The van der Waals surface area contributed by atoms with Gasteiger partial charge in [-0.25, -0.2) is 4.98 Å². The number of ether oxygens (including phenoxy) is 1. The number of rotatable bonds is 5. The fraction of sp³-hybridized carbons (Fsp3) is 0.300. The summed E-state index contributed by atoms with van der Waals surface area (Å²) in [6.07, 6.45) is 5.66. The molecular weight excluding hydrogens is 314 g/mol. The number of benzene rings is 1. The van der Waals surface area contributed by atoms with Gasteiger partial charge in [-0.15, -0.1) is 0 Å². The first kappa shape index (κ1) is 17.0. The van der Waals surface area contributed by atoms with Gasteiger partial charge in [-0.05, 0) is 38.3 Å². The van der Waals surface area contributed by atoms with Gasteiger partial charge in [-0.2, -0.15) is 0 Å². The molecule has 25 heavy (non-hydrogen) atoms. The molecule has 2 N–H and O–H groups in total. The topological polar surface area (TPSA) is 70.8 Å². The van der Waals surface area contributed by atoms with E-state index in [0.717, 1.165) is 22.9 Å². The van der Waals surface area contributed by atoms with Crippen molar-refractivity contribution >= 4 is 10.9 Å². The van der Waals surface area contributed by atoms with E-state index in [1.54, 1.807) is 14.0 Å². The normalized spacial score (nSPS) is 10.9. The first-order chi connectivity index (χ1) is 12.0. The molecule has 0 radical (unpaired) electrons. The van der Waals surface area contributed by atoms with E-state index in [1.165, 1.54) is 11.1 Å². The summed E-state index contributed by atoms with van der Waals surface area (Å²) in [6.45, 7) is 5.88. The van der Waals surface area contributed by atoms with Crippen LogP contribution in [0.25, 0.3) is 10.9 Å². The number of hydrogen-bond donors (Lipinski definition) is 2. The van der Waals surface area contributed by atoms with Crippen LogP contribution in [-0.4, -0.2) is 22.1 Å². The van der Waals surface area contributed by atoms with E-state index in [2.05, 4.69) is 53.1 Å². The van der Waals surface area contributed by atoms with Crippen molar-refractivity contribution in [1.29, 1.82) is 0 Å². The number of nitrogens with one attached hydrogen (secondary N) is 2. The lowest BCUT2D eigenvalue weighted by Gasteiger charge is -2.08. The van der Waals surface area contributed by atoms with Crippen LogP contribution in [0.15, 0.2) is 40.8 Å². The molecule has 1 aromatic carbocycles. The van der Waals surface area contributed by atoms with Gasteiger partial charge in [-0.3, -0.25) is 4.79 Å². The number of fused-ring (bicyclic) bond motifs is 1. The van der Waals surface area contributed by atoms with Gasteiger partial charge in [0.25, 0.3) is 5.56 Å².